The van der Waals surface area contributed by atoms with E-state index in [1.807, 2.05) is 0 Å². The van der Waals surface area contributed by atoms with Crippen molar-refractivity contribution in [3.05, 3.63) is 5.69 Å². The van der Waals surface area contributed by atoms with Crippen molar-refractivity contribution < 1.29 is 9.90 Å². The Morgan fingerprint density at radius 3 is 2.75 bits per heavy atom. The number of aromatic nitrogens is 2. The van der Waals surface area contributed by atoms with Crippen LogP contribution in [0.4, 0.5) is 11.5 Å². The minimum absolute atomic E-state index is 0.0880. The van der Waals surface area contributed by atoms with Gasteiger partial charge in [-0.1, -0.05) is 13.3 Å². The van der Waals surface area contributed by atoms with Crippen LogP contribution in [0.25, 0.3) is 0 Å². The number of carboxylic acids is 1. The van der Waals surface area contributed by atoms with Crippen LogP contribution in [0.1, 0.15) is 19.0 Å². The molecule has 16 heavy (non-hydrogen) atoms. The number of hydrogen-bond donors (Lipinski definition) is 2. The lowest BCUT2D eigenvalue weighted by molar-refractivity contribution is -0.135. The molecular weight excluding hydrogens is 208 g/mol. The van der Waals surface area contributed by atoms with Gasteiger partial charge in [-0.15, -0.1) is 0 Å². The summed E-state index contributed by atoms with van der Waals surface area (Å²) in [4.78, 5) is 12.2. The number of nitrogens with zero attached hydrogens (tertiary/aromatic N) is 3. The number of anilines is 2. The zero-order chi connectivity index (χ0) is 12.3. The first-order chi connectivity index (χ1) is 7.47. The van der Waals surface area contributed by atoms with Gasteiger partial charge >= 0.3 is 5.97 Å². The fraction of sp³-hybridized carbons (Fsp3) is 0.600. The number of nitrogens with two attached hydrogens (primary N) is 1. The van der Waals surface area contributed by atoms with Crippen molar-refractivity contribution in [3.63, 3.8) is 0 Å². The molecule has 0 bridgehead atoms. The summed E-state index contributed by atoms with van der Waals surface area (Å²) in [5, 5.41) is 13.0. The molecule has 0 aliphatic carbocycles. The number of hydrogen-bond acceptors (Lipinski definition) is 4. The van der Waals surface area contributed by atoms with Gasteiger partial charge in [0.05, 0.1) is 11.4 Å². The van der Waals surface area contributed by atoms with Crippen molar-refractivity contribution >= 4 is 17.5 Å². The minimum Gasteiger partial charge on any atom is -0.480 e. The third-order valence-corrected chi connectivity index (χ3v) is 2.35. The molecule has 0 saturated heterocycles. The van der Waals surface area contributed by atoms with Crippen LogP contribution >= 0.6 is 0 Å². The van der Waals surface area contributed by atoms with Crippen molar-refractivity contribution in [1.29, 1.82) is 0 Å². The van der Waals surface area contributed by atoms with Crippen LogP contribution < -0.4 is 10.6 Å². The minimum atomic E-state index is -0.889. The number of nitrogen functional groups attached to an aromatic ring is 1. The highest BCUT2D eigenvalue weighted by atomic mass is 16.4. The van der Waals surface area contributed by atoms with Crippen LogP contribution in [0.15, 0.2) is 0 Å². The highest BCUT2D eigenvalue weighted by Gasteiger charge is 2.17. The molecule has 6 nitrogen and oxygen atoms in total. The van der Waals surface area contributed by atoms with Crippen molar-refractivity contribution in [2.45, 2.75) is 19.8 Å². The van der Waals surface area contributed by atoms with Crippen LogP contribution in [-0.4, -0.2) is 34.4 Å². The van der Waals surface area contributed by atoms with Crippen LogP contribution in [-0.2, 0) is 18.3 Å². The summed E-state index contributed by atoms with van der Waals surface area (Å²) in [5.41, 5.74) is 7.36. The lowest BCUT2D eigenvalue weighted by Crippen LogP contribution is -2.27. The second kappa shape index (κ2) is 4.87. The summed E-state index contributed by atoms with van der Waals surface area (Å²) in [6.07, 6.45) is 1.77. The number of likely N-dealkylation sites (N-methyl/N-ethyl adjacent to an activating group) is 1. The maximum Gasteiger partial charge on any atom is 0.323 e. The summed E-state index contributed by atoms with van der Waals surface area (Å²) >= 11 is 0. The fourth-order valence-corrected chi connectivity index (χ4v) is 1.74. The molecule has 0 unspecified atom stereocenters. The molecule has 1 rings (SSSR count). The molecule has 0 fully saturated rings. The van der Waals surface area contributed by atoms with Gasteiger partial charge in [-0.3, -0.25) is 9.48 Å². The SMILES string of the molecule is CCCc1nn(C)c(N(C)CC(=O)O)c1N. The van der Waals surface area contributed by atoms with Crippen molar-refractivity contribution in [2.24, 2.45) is 7.05 Å². The first kappa shape index (κ1) is 12.4. The van der Waals surface area contributed by atoms with Gasteiger partial charge in [0.2, 0.25) is 0 Å². The molecule has 0 atom stereocenters. The van der Waals surface area contributed by atoms with E-state index in [1.165, 1.54) is 0 Å². The zero-order valence-electron chi connectivity index (χ0n) is 9.90. The Kier molecular flexibility index (Phi) is 3.76. The Hall–Kier alpha value is -1.72. The maximum absolute atomic E-state index is 10.6. The molecule has 6 heteroatoms. The summed E-state index contributed by atoms with van der Waals surface area (Å²) in [7, 11) is 3.46. The molecule has 0 aromatic carbocycles. The molecule has 1 heterocycles. The van der Waals surface area contributed by atoms with E-state index in [1.54, 1.807) is 23.7 Å². The molecule has 3 N–H and O–H groups in total. The van der Waals surface area contributed by atoms with Crippen LogP contribution in [0.5, 0.6) is 0 Å². The van der Waals surface area contributed by atoms with Gasteiger partial charge < -0.3 is 15.7 Å². The highest BCUT2D eigenvalue weighted by Crippen LogP contribution is 2.25. The molecule has 0 amide bonds. The van der Waals surface area contributed by atoms with E-state index >= 15 is 0 Å². The molecule has 1 aromatic heterocycles. The third kappa shape index (κ3) is 2.44. The van der Waals surface area contributed by atoms with E-state index in [2.05, 4.69) is 12.0 Å². The number of carbonyl (C=O) groups is 1. The smallest absolute Gasteiger partial charge is 0.323 e. The van der Waals surface area contributed by atoms with E-state index in [-0.39, 0.29) is 6.54 Å². The second-order valence-electron chi connectivity index (χ2n) is 3.81. The van der Waals surface area contributed by atoms with Crippen molar-refractivity contribution in [1.82, 2.24) is 9.78 Å². The van der Waals surface area contributed by atoms with Crippen LogP contribution in [0.3, 0.4) is 0 Å². The molecule has 0 saturated carbocycles. The molecule has 90 valence electrons. The molecule has 0 radical (unpaired) electrons. The van der Waals surface area contributed by atoms with E-state index in [9.17, 15) is 4.79 Å². The molecule has 0 aliphatic heterocycles. The molecule has 0 aliphatic rings. The zero-order valence-corrected chi connectivity index (χ0v) is 9.90. The maximum atomic E-state index is 10.6. The largest absolute Gasteiger partial charge is 0.480 e. The van der Waals surface area contributed by atoms with E-state index in [0.29, 0.717) is 11.5 Å². The summed E-state index contributed by atoms with van der Waals surface area (Å²) in [6, 6.07) is 0. The van der Waals surface area contributed by atoms with Gasteiger partial charge in [-0.05, 0) is 6.42 Å². The van der Waals surface area contributed by atoms with Gasteiger partial charge in [0.15, 0.2) is 5.82 Å². The summed E-state index contributed by atoms with van der Waals surface area (Å²) < 4.78 is 1.63. The topological polar surface area (TPSA) is 84.4 Å². The monoisotopic (exact) mass is 226 g/mol. The first-order valence-electron chi connectivity index (χ1n) is 5.21. The lowest BCUT2D eigenvalue weighted by atomic mass is 10.2. The van der Waals surface area contributed by atoms with E-state index in [0.717, 1.165) is 18.5 Å². The molecular formula is C10H18N4O2. The quantitative estimate of drug-likeness (QED) is 0.762. The number of aryl methyl sites for hydroxylation is 2. The number of aliphatic carboxylic acids is 1. The van der Waals surface area contributed by atoms with E-state index in [4.69, 9.17) is 10.8 Å². The molecule has 1 aromatic rings. The lowest BCUT2D eigenvalue weighted by Gasteiger charge is -2.17. The van der Waals surface area contributed by atoms with Crippen molar-refractivity contribution in [3.8, 4) is 0 Å². The van der Waals surface area contributed by atoms with Gasteiger partial charge in [-0.2, -0.15) is 5.10 Å². The van der Waals surface area contributed by atoms with Gasteiger partial charge in [0.1, 0.15) is 6.54 Å². The number of carboxylic acid groups (broad SMARTS) is 1. The fourth-order valence-electron chi connectivity index (χ4n) is 1.74. The Balaban J connectivity index is 2.99. The van der Waals surface area contributed by atoms with E-state index < -0.39 is 5.97 Å². The number of rotatable bonds is 5. The average molecular weight is 226 g/mol. The standard InChI is InChI=1S/C10H18N4O2/c1-4-5-7-9(11)10(14(3)12-7)13(2)6-8(15)16/h4-6,11H2,1-3H3,(H,15,16). The van der Waals surface area contributed by atoms with Crippen molar-refractivity contribution in [2.75, 3.05) is 24.2 Å². The highest BCUT2D eigenvalue weighted by molar-refractivity contribution is 5.76. The second-order valence-corrected chi connectivity index (χ2v) is 3.81. The predicted octanol–water partition coefficient (Wildman–Crippen LogP) is 0.476. The van der Waals surface area contributed by atoms with Crippen LogP contribution in [0.2, 0.25) is 0 Å². The van der Waals surface area contributed by atoms with Gasteiger partial charge in [-0.25, -0.2) is 0 Å². The average Bonchev–Trinajstić information content (AvgIpc) is 2.41. The van der Waals surface area contributed by atoms with Gasteiger partial charge in [0, 0.05) is 14.1 Å². The summed E-state index contributed by atoms with van der Waals surface area (Å²) in [6.45, 7) is 1.96. The predicted molar refractivity (Wildman–Crippen MR) is 62.5 cm³/mol. The van der Waals surface area contributed by atoms with Crippen LogP contribution in [0, 0.1) is 0 Å². The first-order valence-corrected chi connectivity index (χ1v) is 5.21. The Bertz CT molecular complexity index is 386. The Labute approximate surface area is 94.6 Å². The molecule has 0 spiro atoms. The Morgan fingerprint density at radius 1 is 1.62 bits per heavy atom. The summed E-state index contributed by atoms with van der Waals surface area (Å²) in [5.74, 6) is -0.231. The normalized spacial score (nSPS) is 10.4. The third-order valence-electron chi connectivity index (χ3n) is 2.35. The Morgan fingerprint density at radius 2 is 2.25 bits per heavy atom. The van der Waals surface area contributed by atoms with Gasteiger partial charge in [0.25, 0.3) is 0 Å².